The van der Waals surface area contributed by atoms with Crippen LogP contribution in [0.4, 0.5) is 9.59 Å². The molecule has 3 aliphatic rings. The second kappa shape index (κ2) is 2.44. The third-order valence-electron chi connectivity index (χ3n) is 3.57. The molecule has 0 radical (unpaired) electrons. The van der Waals surface area contributed by atoms with E-state index in [1.165, 1.54) is 0 Å². The summed E-state index contributed by atoms with van der Waals surface area (Å²) in [6, 6.07) is -0.317. The first-order valence-corrected chi connectivity index (χ1v) is 4.84. The fourth-order valence-electron chi connectivity index (χ4n) is 3.08. The van der Waals surface area contributed by atoms with E-state index in [1.807, 2.05) is 12.2 Å². The maximum absolute atomic E-state index is 10.9. The van der Waals surface area contributed by atoms with Crippen LogP contribution in [0.15, 0.2) is 12.2 Å². The van der Waals surface area contributed by atoms with Crippen molar-refractivity contribution in [3.05, 3.63) is 12.2 Å². The van der Waals surface area contributed by atoms with Crippen molar-refractivity contribution >= 4 is 12.2 Å². The van der Waals surface area contributed by atoms with Crippen LogP contribution in [-0.2, 0) is 0 Å². The average Bonchev–Trinajstić information content (AvgIpc) is 2.58. The van der Waals surface area contributed by atoms with Gasteiger partial charge in [-0.1, -0.05) is 12.2 Å². The summed E-state index contributed by atoms with van der Waals surface area (Å²) in [4.78, 5) is 21.8. The van der Waals surface area contributed by atoms with Crippen LogP contribution < -0.4 is 0 Å². The summed E-state index contributed by atoms with van der Waals surface area (Å²) >= 11 is 0. The van der Waals surface area contributed by atoms with Gasteiger partial charge in [-0.25, -0.2) is 19.6 Å². The molecule has 2 aliphatic carbocycles. The highest BCUT2D eigenvalue weighted by atomic mass is 16.4. The molecule has 4 atom stereocenters. The second-order valence-electron chi connectivity index (χ2n) is 4.18. The number of hydrogen-bond acceptors (Lipinski definition) is 2. The molecule has 0 aromatic heterocycles. The van der Waals surface area contributed by atoms with E-state index in [1.54, 1.807) is 0 Å². The van der Waals surface area contributed by atoms with Gasteiger partial charge in [0, 0.05) is 11.8 Å². The molecule has 0 aromatic carbocycles. The van der Waals surface area contributed by atoms with Gasteiger partial charge in [0.2, 0.25) is 0 Å². The molecule has 1 aliphatic heterocycles. The SMILES string of the molecule is O=C(O)N1[C@@H]2[C@@H]([C@H]3C=C[C@@H]2C3)N1C(=O)O. The lowest BCUT2D eigenvalue weighted by atomic mass is 9.90. The molecule has 0 spiro atoms. The van der Waals surface area contributed by atoms with Crippen LogP contribution in [0.25, 0.3) is 0 Å². The molecule has 6 nitrogen and oxygen atoms in total. The predicted octanol–water partition coefficient (Wildman–Crippen LogP) is 0.818. The molecule has 0 unspecified atom stereocenters. The van der Waals surface area contributed by atoms with Crippen molar-refractivity contribution in [1.29, 1.82) is 0 Å². The van der Waals surface area contributed by atoms with Gasteiger partial charge in [-0.2, -0.15) is 0 Å². The van der Waals surface area contributed by atoms with E-state index in [0.29, 0.717) is 0 Å². The maximum Gasteiger partial charge on any atom is 0.426 e. The Morgan fingerprint density at radius 3 is 1.73 bits per heavy atom. The minimum absolute atomic E-state index is 0.159. The molecule has 1 saturated carbocycles. The van der Waals surface area contributed by atoms with Crippen molar-refractivity contribution in [2.75, 3.05) is 0 Å². The molecule has 2 amide bonds. The molecule has 80 valence electrons. The fraction of sp³-hybridized carbons (Fsp3) is 0.556. The normalized spacial score (nSPS) is 40.3. The Balaban J connectivity index is 1.94. The van der Waals surface area contributed by atoms with Gasteiger partial charge in [0.25, 0.3) is 0 Å². The van der Waals surface area contributed by atoms with Gasteiger partial charge < -0.3 is 10.2 Å². The van der Waals surface area contributed by atoms with Crippen molar-refractivity contribution in [2.45, 2.75) is 18.5 Å². The highest BCUT2D eigenvalue weighted by Crippen LogP contribution is 2.51. The first kappa shape index (κ1) is 8.58. The second-order valence-corrected chi connectivity index (χ2v) is 4.18. The van der Waals surface area contributed by atoms with E-state index >= 15 is 0 Å². The lowest BCUT2D eigenvalue weighted by Crippen LogP contribution is -2.75. The molecular weight excluding hydrogens is 200 g/mol. The number of nitrogens with zero attached hydrogens (tertiary/aromatic N) is 2. The third kappa shape index (κ3) is 0.841. The Morgan fingerprint density at radius 1 is 1.00 bits per heavy atom. The lowest BCUT2D eigenvalue weighted by Gasteiger charge is -2.54. The maximum atomic E-state index is 10.9. The zero-order valence-electron chi connectivity index (χ0n) is 7.78. The zero-order chi connectivity index (χ0) is 10.7. The molecular formula is C9H10N2O4. The van der Waals surface area contributed by atoms with E-state index < -0.39 is 12.2 Å². The smallest absolute Gasteiger partial charge is 0.426 e. The Kier molecular flexibility index (Phi) is 1.40. The minimum atomic E-state index is -1.18. The average molecular weight is 210 g/mol. The highest BCUT2D eigenvalue weighted by molar-refractivity contribution is 5.75. The van der Waals surface area contributed by atoms with Crippen molar-refractivity contribution in [1.82, 2.24) is 10.0 Å². The summed E-state index contributed by atoms with van der Waals surface area (Å²) in [7, 11) is 0. The topological polar surface area (TPSA) is 81.1 Å². The molecule has 2 fully saturated rings. The number of amides is 2. The van der Waals surface area contributed by atoms with E-state index in [4.69, 9.17) is 10.2 Å². The van der Waals surface area contributed by atoms with Crippen molar-refractivity contribution in [3.8, 4) is 0 Å². The first-order valence-electron chi connectivity index (χ1n) is 4.84. The molecule has 2 bridgehead atoms. The summed E-state index contributed by atoms with van der Waals surface area (Å²) in [6.45, 7) is 0. The summed E-state index contributed by atoms with van der Waals surface area (Å²) in [5.41, 5.74) is 0. The summed E-state index contributed by atoms with van der Waals surface area (Å²) in [5.74, 6) is 0.401. The quantitative estimate of drug-likeness (QED) is 0.580. The Labute approximate surface area is 85.4 Å². The van der Waals surface area contributed by atoms with Crippen molar-refractivity contribution < 1.29 is 19.8 Å². The van der Waals surface area contributed by atoms with Gasteiger partial charge in [-0.3, -0.25) is 0 Å². The van der Waals surface area contributed by atoms with Crippen LogP contribution in [0.5, 0.6) is 0 Å². The largest absolute Gasteiger partial charge is 0.464 e. The van der Waals surface area contributed by atoms with Crippen LogP contribution >= 0.6 is 0 Å². The van der Waals surface area contributed by atoms with Gasteiger partial charge in [-0.15, -0.1) is 0 Å². The molecule has 15 heavy (non-hydrogen) atoms. The van der Waals surface area contributed by atoms with E-state index in [-0.39, 0.29) is 23.9 Å². The minimum Gasteiger partial charge on any atom is -0.464 e. The Morgan fingerprint density at radius 2 is 1.40 bits per heavy atom. The van der Waals surface area contributed by atoms with Gasteiger partial charge in [0.1, 0.15) is 0 Å². The predicted molar refractivity (Wildman–Crippen MR) is 48.0 cm³/mol. The number of rotatable bonds is 0. The van der Waals surface area contributed by atoms with Crippen LogP contribution in [0.2, 0.25) is 0 Å². The number of hydrazine groups is 1. The molecule has 2 N–H and O–H groups in total. The molecule has 1 saturated heterocycles. The van der Waals surface area contributed by atoms with Crippen LogP contribution in [-0.4, -0.2) is 44.5 Å². The molecule has 1 heterocycles. The highest BCUT2D eigenvalue weighted by Gasteiger charge is 2.63. The van der Waals surface area contributed by atoms with Crippen molar-refractivity contribution in [3.63, 3.8) is 0 Å². The van der Waals surface area contributed by atoms with Crippen LogP contribution in [0.3, 0.4) is 0 Å². The summed E-state index contributed by atoms with van der Waals surface area (Å²) < 4.78 is 0. The van der Waals surface area contributed by atoms with Crippen molar-refractivity contribution in [2.24, 2.45) is 11.8 Å². The first-order chi connectivity index (χ1) is 7.11. The van der Waals surface area contributed by atoms with Gasteiger partial charge >= 0.3 is 12.2 Å². The number of fused-ring (bicyclic) bond motifs is 5. The summed E-state index contributed by atoms with van der Waals surface area (Å²) in [6.07, 6.45) is 2.52. The monoisotopic (exact) mass is 210 g/mol. The van der Waals surface area contributed by atoms with E-state index in [2.05, 4.69) is 0 Å². The third-order valence-corrected chi connectivity index (χ3v) is 3.57. The van der Waals surface area contributed by atoms with E-state index in [0.717, 1.165) is 16.4 Å². The molecule has 0 aromatic rings. The fourth-order valence-corrected chi connectivity index (χ4v) is 3.08. The van der Waals surface area contributed by atoms with Crippen LogP contribution in [0.1, 0.15) is 6.42 Å². The van der Waals surface area contributed by atoms with Crippen LogP contribution in [0, 0.1) is 11.8 Å². The van der Waals surface area contributed by atoms with E-state index in [9.17, 15) is 9.59 Å². The molecule has 6 heteroatoms. The number of carboxylic acid groups (broad SMARTS) is 2. The summed E-state index contributed by atoms with van der Waals surface area (Å²) in [5, 5.41) is 19.7. The Bertz CT molecular complexity index is 346. The number of carbonyl (C=O) groups is 2. The molecule has 3 rings (SSSR count). The van der Waals surface area contributed by atoms with Gasteiger partial charge in [0.15, 0.2) is 0 Å². The van der Waals surface area contributed by atoms with Gasteiger partial charge in [0.05, 0.1) is 12.1 Å². The standard InChI is InChI=1S/C9H10N2O4/c12-8(13)10-6-4-1-2-5(3-4)7(6)11(10)9(14)15/h1-2,4-7H,3H2,(H,12,13)(H,14,15)/t4-,5+,6+,7-. The zero-order valence-corrected chi connectivity index (χ0v) is 7.78. The lowest BCUT2D eigenvalue weighted by molar-refractivity contribution is -0.159. The van der Waals surface area contributed by atoms with Gasteiger partial charge in [-0.05, 0) is 6.42 Å². The Hall–Kier alpha value is -1.72. The number of hydrogen-bond donors (Lipinski definition) is 2.